The lowest BCUT2D eigenvalue weighted by Gasteiger charge is -2.45. The molecule has 2 amide bonds. The maximum Gasteiger partial charge on any atom is 0.225 e. The van der Waals surface area contributed by atoms with Crippen molar-refractivity contribution in [2.45, 2.75) is 52.0 Å². The third-order valence-corrected chi connectivity index (χ3v) is 8.54. The van der Waals surface area contributed by atoms with Gasteiger partial charge < -0.3 is 24.3 Å². The molecule has 7 nitrogen and oxygen atoms in total. The highest BCUT2D eigenvalue weighted by Gasteiger charge is 2.42. The summed E-state index contributed by atoms with van der Waals surface area (Å²) in [7, 11) is 2.10. The summed E-state index contributed by atoms with van der Waals surface area (Å²) in [6.45, 7) is 11.5. The van der Waals surface area contributed by atoms with Crippen LogP contribution in [0.15, 0.2) is 24.3 Å². The molecule has 0 aromatic heterocycles. The smallest absolute Gasteiger partial charge is 0.225 e. The number of likely N-dealkylation sites (tertiary alicyclic amines) is 2. The average Bonchev–Trinajstić information content (AvgIpc) is 2.88. The Hall–Kier alpha value is -1.83. The van der Waals surface area contributed by atoms with Crippen molar-refractivity contribution in [3.05, 3.63) is 29.3 Å². The molecule has 4 rings (SSSR count). The number of amides is 2. The second kappa shape index (κ2) is 12.1. The fourth-order valence-electron chi connectivity index (χ4n) is 5.91. The average molecular weight is 519 g/mol. The van der Waals surface area contributed by atoms with Crippen LogP contribution in [-0.4, -0.2) is 103 Å². The molecule has 0 aliphatic carbocycles. The number of halogens is 1. The van der Waals surface area contributed by atoms with Crippen LogP contribution in [-0.2, 0) is 9.59 Å². The number of nitrogens with zero attached hydrogens (tertiary/aromatic N) is 4. The van der Waals surface area contributed by atoms with E-state index >= 15 is 0 Å². The number of hydrogen-bond acceptors (Lipinski definition) is 5. The lowest BCUT2D eigenvalue weighted by molar-refractivity contribution is -0.145. The molecule has 0 unspecified atom stereocenters. The van der Waals surface area contributed by atoms with Gasteiger partial charge in [-0.3, -0.25) is 9.59 Å². The monoisotopic (exact) mass is 518 g/mol. The van der Waals surface area contributed by atoms with E-state index in [9.17, 15) is 9.59 Å². The number of hydrogen-bond donors (Lipinski definition) is 0. The summed E-state index contributed by atoms with van der Waals surface area (Å²) in [6, 6.07) is 7.93. The highest BCUT2D eigenvalue weighted by Crippen LogP contribution is 2.37. The Morgan fingerprint density at radius 2 is 1.78 bits per heavy atom. The first-order valence-electron chi connectivity index (χ1n) is 13.6. The Bertz CT molecular complexity index is 897. The second-order valence-electron chi connectivity index (χ2n) is 11.4. The Labute approximate surface area is 221 Å². The van der Waals surface area contributed by atoms with Crippen LogP contribution in [0.3, 0.4) is 0 Å². The summed E-state index contributed by atoms with van der Waals surface area (Å²) in [5, 5.41) is 0.628. The normalized spacial score (nSPS) is 24.8. The number of likely N-dealkylation sites (N-methyl/N-ethyl adjacent to an activating group) is 1. The summed E-state index contributed by atoms with van der Waals surface area (Å²) in [5.74, 6) is 1.23. The standard InChI is InChI=1S/C28H43ClN4O3/c1-22(2)31-12-8-23(9-13-31)27(35)33-11-5-10-28(20-33,21-36-25-7-4-6-24(29)18-25)19-26(34)32-16-14-30(3)15-17-32/h4,6-7,18,22-23H,5,8-17,19-21H2,1-3H3/t28-/m0/s1. The van der Waals surface area contributed by atoms with Crippen LogP contribution >= 0.6 is 11.6 Å². The molecule has 36 heavy (non-hydrogen) atoms. The number of rotatable bonds is 7. The van der Waals surface area contributed by atoms with E-state index in [1.165, 1.54) is 0 Å². The summed E-state index contributed by atoms with van der Waals surface area (Å²) >= 11 is 6.18. The number of piperidine rings is 2. The highest BCUT2D eigenvalue weighted by molar-refractivity contribution is 6.30. The molecule has 3 aliphatic heterocycles. The summed E-state index contributed by atoms with van der Waals surface area (Å²) in [5.41, 5.74) is -0.394. The molecule has 8 heteroatoms. The van der Waals surface area contributed by atoms with Gasteiger partial charge in [0, 0.05) is 68.1 Å². The van der Waals surface area contributed by atoms with Gasteiger partial charge in [0.05, 0.1) is 6.61 Å². The molecule has 3 aliphatic rings. The van der Waals surface area contributed by atoms with Crippen LogP contribution in [0.2, 0.25) is 5.02 Å². The van der Waals surface area contributed by atoms with E-state index in [4.69, 9.17) is 16.3 Å². The molecule has 0 N–H and O–H groups in total. The second-order valence-corrected chi connectivity index (χ2v) is 11.8. The molecule has 0 saturated carbocycles. The zero-order chi connectivity index (χ0) is 25.7. The van der Waals surface area contributed by atoms with Crippen molar-refractivity contribution in [1.82, 2.24) is 19.6 Å². The maximum atomic E-state index is 13.6. The van der Waals surface area contributed by atoms with Crippen LogP contribution < -0.4 is 4.74 Å². The third kappa shape index (κ3) is 6.93. The highest BCUT2D eigenvalue weighted by atomic mass is 35.5. The first-order chi connectivity index (χ1) is 17.2. The Kier molecular flexibility index (Phi) is 9.18. The molecule has 200 valence electrons. The molecule has 0 spiro atoms. The van der Waals surface area contributed by atoms with E-state index in [-0.39, 0.29) is 17.7 Å². The van der Waals surface area contributed by atoms with Crippen LogP contribution in [0.25, 0.3) is 0 Å². The van der Waals surface area contributed by atoms with Gasteiger partial charge in [-0.15, -0.1) is 0 Å². The fourth-order valence-corrected chi connectivity index (χ4v) is 6.09. The van der Waals surface area contributed by atoms with Crippen LogP contribution in [0, 0.1) is 11.3 Å². The topological polar surface area (TPSA) is 56.3 Å². The van der Waals surface area contributed by atoms with Gasteiger partial charge >= 0.3 is 0 Å². The summed E-state index contributed by atoms with van der Waals surface area (Å²) in [6.07, 6.45) is 4.01. The molecule has 0 radical (unpaired) electrons. The Balaban J connectivity index is 1.45. The largest absolute Gasteiger partial charge is 0.493 e. The van der Waals surface area contributed by atoms with Crippen molar-refractivity contribution in [3.8, 4) is 5.75 Å². The van der Waals surface area contributed by atoms with Gasteiger partial charge in [-0.1, -0.05) is 17.7 Å². The Morgan fingerprint density at radius 3 is 2.44 bits per heavy atom. The molecule has 3 fully saturated rings. The summed E-state index contributed by atoms with van der Waals surface area (Å²) in [4.78, 5) is 35.8. The minimum atomic E-state index is -0.394. The van der Waals surface area contributed by atoms with Gasteiger partial charge in [0.2, 0.25) is 11.8 Å². The summed E-state index contributed by atoms with van der Waals surface area (Å²) < 4.78 is 6.24. The number of carbonyl (C=O) groups excluding carboxylic acids is 2. The molecule has 0 bridgehead atoms. The number of carbonyl (C=O) groups is 2. The first kappa shape index (κ1) is 27.2. The molecule has 1 aromatic carbocycles. The van der Waals surface area contributed by atoms with Gasteiger partial charge in [-0.2, -0.15) is 0 Å². The quantitative estimate of drug-likeness (QED) is 0.552. The van der Waals surface area contributed by atoms with Crippen molar-refractivity contribution >= 4 is 23.4 Å². The van der Waals surface area contributed by atoms with Gasteiger partial charge in [0.25, 0.3) is 0 Å². The number of ether oxygens (including phenoxy) is 1. The predicted octanol–water partition coefficient (Wildman–Crippen LogP) is 3.61. The number of benzene rings is 1. The lowest BCUT2D eigenvalue weighted by atomic mass is 9.76. The predicted molar refractivity (Wildman–Crippen MR) is 143 cm³/mol. The molecular formula is C28H43ClN4O3. The van der Waals surface area contributed by atoms with Crippen molar-refractivity contribution in [2.75, 3.05) is 66.0 Å². The minimum absolute atomic E-state index is 0.0815. The van der Waals surface area contributed by atoms with E-state index in [0.717, 1.165) is 71.5 Å². The first-order valence-corrected chi connectivity index (χ1v) is 14.0. The van der Waals surface area contributed by atoms with Gasteiger partial charge in [-0.05, 0) is 77.9 Å². The molecule has 3 heterocycles. The third-order valence-electron chi connectivity index (χ3n) is 8.31. The molecule has 1 aromatic rings. The van der Waals surface area contributed by atoms with E-state index in [0.29, 0.717) is 36.4 Å². The van der Waals surface area contributed by atoms with E-state index in [1.807, 2.05) is 34.1 Å². The molecule has 3 saturated heterocycles. The van der Waals surface area contributed by atoms with Crippen LogP contribution in [0.5, 0.6) is 5.75 Å². The van der Waals surface area contributed by atoms with E-state index in [2.05, 4.69) is 30.7 Å². The van der Waals surface area contributed by atoms with Gasteiger partial charge in [0.15, 0.2) is 0 Å². The van der Waals surface area contributed by atoms with E-state index in [1.54, 1.807) is 0 Å². The van der Waals surface area contributed by atoms with Crippen molar-refractivity contribution in [1.29, 1.82) is 0 Å². The van der Waals surface area contributed by atoms with E-state index < -0.39 is 5.41 Å². The molecular weight excluding hydrogens is 476 g/mol. The van der Waals surface area contributed by atoms with Gasteiger partial charge in [0.1, 0.15) is 5.75 Å². The fraction of sp³-hybridized carbons (Fsp3) is 0.714. The Morgan fingerprint density at radius 1 is 1.06 bits per heavy atom. The lowest BCUT2D eigenvalue weighted by Crippen LogP contribution is -2.54. The maximum absolute atomic E-state index is 13.6. The minimum Gasteiger partial charge on any atom is -0.493 e. The van der Waals surface area contributed by atoms with Crippen molar-refractivity contribution < 1.29 is 14.3 Å². The van der Waals surface area contributed by atoms with Crippen LogP contribution in [0.4, 0.5) is 0 Å². The van der Waals surface area contributed by atoms with Crippen LogP contribution in [0.1, 0.15) is 46.0 Å². The van der Waals surface area contributed by atoms with Crippen molar-refractivity contribution in [2.24, 2.45) is 11.3 Å². The SMILES string of the molecule is CC(C)N1CCC(C(=O)N2CCC[C@](COc3cccc(Cl)c3)(CC(=O)N3CCN(C)CC3)C2)CC1. The number of piperazine rings is 1. The van der Waals surface area contributed by atoms with Crippen molar-refractivity contribution in [3.63, 3.8) is 0 Å². The zero-order valence-electron chi connectivity index (χ0n) is 22.3. The molecule has 1 atom stereocenters. The zero-order valence-corrected chi connectivity index (χ0v) is 23.0. The van der Waals surface area contributed by atoms with Gasteiger partial charge in [-0.25, -0.2) is 0 Å².